The zero-order valence-corrected chi connectivity index (χ0v) is 15.5. The number of carbonyl (C=O) groups is 2. The van der Waals surface area contributed by atoms with Crippen molar-refractivity contribution in [2.45, 2.75) is 25.3 Å². The number of rotatable bonds is 9. The van der Waals surface area contributed by atoms with Crippen molar-refractivity contribution in [3.8, 4) is 11.5 Å². The van der Waals surface area contributed by atoms with E-state index >= 15 is 0 Å². The summed E-state index contributed by atoms with van der Waals surface area (Å²) in [6, 6.07) is 17.1. The Balaban J connectivity index is 1.48. The second kappa shape index (κ2) is 9.19. The molecule has 1 aliphatic carbocycles. The van der Waals surface area contributed by atoms with Crippen molar-refractivity contribution < 1.29 is 14.3 Å². The first-order valence-corrected chi connectivity index (χ1v) is 9.20. The van der Waals surface area contributed by atoms with Crippen molar-refractivity contribution in [2.75, 3.05) is 25.5 Å². The fourth-order valence-electron chi connectivity index (χ4n) is 2.60. The van der Waals surface area contributed by atoms with Crippen LogP contribution < -0.4 is 15.4 Å². The molecule has 0 radical (unpaired) electrons. The molecule has 27 heavy (non-hydrogen) atoms. The lowest BCUT2D eigenvalue weighted by Gasteiger charge is -2.16. The summed E-state index contributed by atoms with van der Waals surface area (Å²) in [5.41, 5.74) is 0.625. The highest BCUT2D eigenvalue weighted by atomic mass is 16.5. The lowest BCUT2D eigenvalue weighted by Crippen LogP contribution is -2.37. The molecule has 6 nitrogen and oxygen atoms in total. The van der Waals surface area contributed by atoms with E-state index in [0.29, 0.717) is 42.7 Å². The van der Waals surface area contributed by atoms with E-state index in [1.54, 1.807) is 0 Å². The molecule has 3 rings (SSSR count). The molecule has 142 valence electrons. The molecule has 1 aliphatic rings. The molecule has 2 amide bonds. The smallest absolute Gasteiger partial charge is 0.234 e. The molecule has 2 aromatic rings. The highest BCUT2D eigenvalue weighted by molar-refractivity contribution is 5.92. The van der Waals surface area contributed by atoms with Crippen LogP contribution in [0.4, 0.5) is 5.69 Å². The van der Waals surface area contributed by atoms with Gasteiger partial charge in [0, 0.05) is 19.0 Å². The second-order valence-electron chi connectivity index (χ2n) is 6.79. The summed E-state index contributed by atoms with van der Waals surface area (Å²) in [7, 11) is 1.84. The number of carbonyl (C=O) groups excluding carboxylic acids is 2. The number of benzene rings is 2. The zero-order valence-electron chi connectivity index (χ0n) is 15.5. The van der Waals surface area contributed by atoms with Crippen LogP contribution in [-0.2, 0) is 9.59 Å². The fraction of sp³-hybridized carbons (Fsp3) is 0.333. The van der Waals surface area contributed by atoms with Gasteiger partial charge in [-0.3, -0.25) is 14.5 Å². The quantitative estimate of drug-likeness (QED) is 0.715. The van der Waals surface area contributed by atoms with Gasteiger partial charge in [-0.05, 0) is 44.2 Å². The minimum atomic E-state index is -0.117. The largest absolute Gasteiger partial charge is 0.455 e. The molecule has 0 spiro atoms. The van der Waals surface area contributed by atoms with E-state index in [2.05, 4.69) is 10.6 Å². The Hall–Kier alpha value is -2.86. The summed E-state index contributed by atoms with van der Waals surface area (Å²) in [6.45, 7) is 0.809. The normalized spacial score (nSPS) is 13.3. The molecule has 0 atom stereocenters. The number of hydrogen-bond donors (Lipinski definition) is 2. The molecule has 6 heteroatoms. The van der Waals surface area contributed by atoms with E-state index < -0.39 is 0 Å². The van der Waals surface area contributed by atoms with Crippen molar-refractivity contribution in [3.63, 3.8) is 0 Å². The highest BCUT2D eigenvalue weighted by Gasteiger charge is 2.23. The van der Waals surface area contributed by atoms with Crippen LogP contribution in [-0.4, -0.2) is 42.9 Å². The average molecular weight is 367 g/mol. The van der Waals surface area contributed by atoms with Crippen molar-refractivity contribution in [3.05, 3.63) is 54.6 Å². The molecule has 1 fully saturated rings. The molecule has 1 saturated carbocycles. The molecule has 0 heterocycles. The molecule has 0 saturated heterocycles. The maximum Gasteiger partial charge on any atom is 0.234 e. The summed E-state index contributed by atoms with van der Waals surface area (Å²) < 4.78 is 5.85. The Labute approximate surface area is 159 Å². The number of ether oxygens (including phenoxy) is 1. The Kier molecular flexibility index (Phi) is 6.44. The molecule has 0 unspecified atom stereocenters. The lowest BCUT2D eigenvalue weighted by molar-refractivity contribution is -0.123. The van der Waals surface area contributed by atoms with Gasteiger partial charge in [-0.2, -0.15) is 0 Å². The summed E-state index contributed by atoms with van der Waals surface area (Å²) >= 11 is 0. The third kappa shape index (κ3) is 6.42. The van der Waals surface area contributed by atoms with Crippen molar-refractivity contribution in [1.29, 1.82) is 0 Å². The van der Waals surface area contributed by atoms with Gasteiger partial charge in [-0.15, -0.1) is 0 Å². The first-order valence-electron chi connectivity index (χ1n) is 9.20. The van der Waals surface area contributed by atoms with E-state index in [1.165, 1.54) is 0 Å². The Morgan fingerprint density at radius 1 is 1.04 bits per heavy atom. The van der Waals surface area contributed by atoms with E-state index in [4.69, 9.17) is 4.74 Å². The van der Waals surface area contributed by atoms with E-state index in [9.17, 15) is 9.59 Å². The zero-order chi connectivity index (χ0) is 19.1. The van der Waals surface area contributed by atoms with Crippen LogP contribution in [0.2, 0.25) is 0 Å². The molecular formula is C21H25N3O3. The fourth-order valence-corrected chi connectivity index (χ4v) is 2.60. The SMILES string of the molecule is CN(CCC(=O)Nc1ccccc1Oc1ccccc1)CC(=O)NC1CC1. The predicted octanol–water partition coefficient (Wildman–Crippen LogP) is 3.02. The van der Waals surface area contributed by atoms with Crippen LogP contribution in [0.3, 0.4) is 0 Å². The van der Waals surface area contributed by atoms with E-state index in [-0.39, 0.29) is 11.8 Å². The second-order valence-corrected chi connectivity index (χ2v) is 6.79. The average Bonchev–Trinajstić information content (AvgIpc) is 3.46. The van der Waals surface area contributed by atoms with E-state index in [1.807, 2.05) is 66.5 Å². The number of para-hydroxylation sites is 3. The van der Waals surface area contributed by atoms with Gasteiger partial charge in [0.05, 0.1) is 12.2 Å². The third-order valence-electron chi connectivity index (χ3n) is 4.21. The summed E-state index contributed by atoms with van der Waals surface area (Å²) in [5.74, 6) is 1.20. The first-order chi connectivity index (χ1) is 13.1. The van der Waals surface area contributed by atoms with Crippen LogP contribution in [0.1, 0.15) is 19.3 Å². The maximum atomic E-state index is 12.3. The van der Waals surface area contributed by atoms with Crippen LogP contribution in [0.5, 0.6) is 11.5 Å². The van der Waals surface area contributed by atoms with Crippen molar-refractivity contribution >= 4 is 17.5 Å². The molecule has 0 aliphatic heterocycles. The minimum absolute atomic E-state index is 0.0158. The highest BCUT2D eigenvalue weighted by Crippen LogP contribution is 2.29. The standard InChI is InChI=1S/C21H25N3O3/c1-24(15-21(26)22-16-11-12-16)14-13-20(25)23-18-9-5-6-10-19(18)27-17-7-3-2-4-8-17/h2-10,16H,11-15H2,1H3,(H,22,26)(H,23,25). The minimum Gasteiger partial charge on any atom is -0.455 e. The molecule has 2 N–H and O–H groups in total. The van der Waals surface area contributed by atoms with E-state index in [0.717, 1.165) is 12.8 Å². The topological polar surface area (TPSA) is 70.7 Å². The summed E-state index contributed by atoms with van der Waals surface area (Å²) in [4.78, 5) is 25.9. The van der Waals surface area contributed by atoms with Gasteiger partial charge in [0.25, 0.3) is 0 Å². The number of hydrogen-bond acceptors (Lipinski definition) is 4. The van der Waals surface area contributed by atoms with Gasteiger partial charge in [0.1, 0.15) is 5.75 Å². The number of nitrogens with zero attached hydrogens (tertiary/aromatic N) is 1. The van der Waals surface area contributed by atoms with Gasteiger partial charge >= 0.3 is 0 Å². The van der Waals surface area contributed by atoms with Crippen LogP contribution >= 0.6 is 0 Å². The Morgan fingerprint density at radius 3 is 2.48 bits per heavy atom. The van der Waals surface area contributed by atoms with Gasteiger partial charge in [-0.1, -0.05) is 30.3 Å². The lowest BCUT2D eigenvalue weighted by atomic mass is 10.2. The van der Waals surface area contributed by atoms with Crippen LogP contribution in [0.25, 0.3) is 0 Å². The summed E-state index contributed by atoms with van der Waals surface area (Å²) in [6.07, 6.45) is 2.44. The molecule has 2 aromatic carbocycles. The monoisotopic (exact) mass is 367 g/mol. The predicted molar refractivity (Wildman–Crippen MR) is 105 cm³/mol. The molecule has 0 aromatic heterocycles. The first kappa shape index (κ1) is 18.9. The number of anilines is 1. The number of amides is 2. The van der Waals surface area contributed by atoms with Gasteiger partial charge in [0.15, 0.2) is 5.75 Å². The Bertz CT molecular complexity index is 775. The van der Waals surface area contributed by atoms with Crippen molar-refractivity contribution in [1.82, 2.24) is 10.2 Å². The molecular weight excluding hydrogens is 342 g/mol. The maximum absolute atomic E-state index is 12.3. The molecule has 0 bridgehead atoms. The van der Waals surface area contributed by atoms with Crippen molar-refractivity contribution in [2.24, 2.45) is 0 Å². The van der Waals surface area contributed by atoms with Crippen LogP contribution in [0.15, 0.2) is 54.6 Å². The Morgan fingerprint density at radius 2 is 1.74 bits per heavy atom. The summed E-state index contributed by atoms with van der Waals surface area (Å²) in [5, 5.41) is 5.84. The van der Waals surface area contributed by atoms with Crippen LogP contribution in [0, 0.1) is 0 Å². The van der Waals surface area contributed by atoms with Gasteiger partial charge in [0.2, 0.25) is 11.8 Å². The number of likely N-dealkylation sites (N-methyl/N-ethyl adjacent to an activating group) is 1. The number of nitrogens with one attached hydrogen (secondary N) is 2. The van der Waals surface area contributed by atoms with Gasteiger partial charge in [-0.25, -0.2) is 0 Å². The third-order valence-corrected chi connectivity index (χ3v) is 4.21. The van der Waals surface area contributed by atoms with Gasteiger partial charge < -0.3 is 15.4 Å².